The van der Waals surface area contributed by atoms with Crippen molar-refractivity contribution in [3.05, 3.63) is 48.2 Å². The fraction of sp³-hybridized carbons (Fsp3) is 0.400. The Morgan fingerprint density at radius 1 is 1.28 bits per heavy atom. The SMILES string of the molecule is CCOc1ccc(Nc2ncccc2C(=O)NC2CCCN(S(C)(=O)=O)C2)cc1. The average Bonchev–Trinajstić information content (AvgIpc) is 2.70. The second kappa shape index (κ2) is 9.23. The van der Waals surface area contributed by atoms with Gasteiger partial charge in [0.2, 0.25) is 10.0 Å². The summed E-state index contributed by atoms with van der Waals surface area (Å²) in [5, 5.41) is 6.10. The second-order valence-electron chi connectivity index (χ2n) is 6.92. The van der Waals surface area contributed by atoms with Crippen molar-refractivity contribution in [1.82, 2.24) is 14.6 Å². The van der Waals surface area contributed by atoms with Crippen LogP contribution in [0.3, 0.4) is 0 Å². The van der Waals surface area contributed by atoms with Crippen LogP contribution in [0.5, 0.6) is 5.75 Å². The summed E-state index contributed by atoms with van der Waals surface area (Å²) in [6, 6.07) is 10.5. The van der Waals surface area contributed by atoms with Crippen molar-refractivity contribution in [2.75, 3.05) is 31.3 Å². The minimum absolute atomic E-state index is 0.232. The molecule has 1 unspecified atom stereocenters. The van der Waals surface area contributed by atoms with Gasteiger partial charge < -0.3 is 15.4 Å². The lowest BCUT2D eigenvalue weighted by Crippen LogP contribution is -2.49. The minimum Gasteiger partial charge on any atom is -0.494 e. The van der Waals surface area contributed by atoms with E-state index >= 15 is 0 Å². The van der Waals surface area contributed by atoms with Gasteiger partial charge in [-0.3, -0.25) is 4.79 Å². The van der Waals surface area contributed by atoms with Crippen LogP contribution < -0.4 is 15.4 Å². The van der Waals surface area contributed by atoms with E-state index in [2.05, 4.69) is 15.6 Å². The van der Waals surface area contributed by atoms with E-state index in [4.69, 9.17) is 4.74 Å². The van der Waals surface area contributed by atoms with Crippen LogP contribution in [0.2, 0.25) is 0 Å². The summed E-state index contributed by atoms with van der Waals surface area (Å²) in [5.41, 5.74) is 1.18. The van der Waals surface area contributed by atoms with Crippen LogP contribution in [-0.2, 0) is 10.0 Å². The van der Waals surface area contributed by atoms with Crippen LogP contribution in [0, 0.1) is 0 Å². The third-order valence-electron chi connectivity index (χ3n) is 4.67. The van der Waals surface area contributed by atoms with Gasteiger partial charge in [-0.15, -0.1) is 0 Å². The summed E-state index contributed by atoms with van der Waals surface area (Å²) in [5.74, 6) is 0.918. The van der Waals surface area contributed by atoms with Crippen molar-refractivity contribution in [1.29, 1.82) is 0 Å². The van der Waals surface area contributed by atoms with Crippen LogP contribution >= 0.6 is 0 Å². The largest absolute Gasteiger partial charge is 0.494 e. The van der Waals surface area contributed by atoms with Gasteiger partial charge >= 0.3 is 0 Å². The zero-order valence-corrected chi connectivity index (χ0v) is 17.4. The van der Waals surface area contributed by atoms with E-state index in [1.54, 1.807) is 18.3 Å². The molecule has 1 saturated heterocycles. The van der Waals surface area contributed by atoms with E-state index < -0.39 is 10.0 Å². The number of hydrogen-bond acceptors (Lipinski definition) is 6. The molecule has 2 aromatic rings. The Morgan fingerprint density at radius 2 is 2.03 bits per heavy atom. The maximum Gasteiger partial charge on any atom is 0.255 e. The Balaban J connectivity index is 1.70. The summed E-state index contributed by atoms with van der Waals surface area (Å²) < 4.78 is 30.4. The summed E-state index contributed by atoms with van der Waals surface area (Å²) in [4.78, 5) is 17.1. The molecule has 29 heavy (non-hydrogen) atoms. The van der Waals surface area contributed by atoms with Gasteiger partial charge in [0.15, 0.2) is 0 Å². The number of ether oxygens (including phenoxy) is 1. The molecule has 1 aromatic heterocycles. The zero-order valence-electron chi connectivity index (χ0n) is 16.6. The predicted octanol–water partition coefficient (Wildman–Crippen LogP) is 2.38. The Bertz CT molecular complexity index is 947. The minimum atomic E-state index is -3.27. The van der Waals surface area contributed by atoms with Crippen molar-refractivity contribution < 1.29 is 17.9 Å². The number of anilines is 2. The molecule has 8 nitrogen and oxygen atoms in total. The molecule has 0 radical (unpaired) electrons. The number of benzene rings is 1. The molecule has 2 N–H and O–H groups in total. The van der Waals surface area contributed by atoms with E-state index in [0.29, 0.717) is 31.0 Å². The molecular formula is C20H26N4O4S. The van der Waals surface area contributed by atoms with E-state index in [1.165, 1.54) is 10.6 Å². The van der Waals surface area contributed by atoms with Crippen molar-refractivity contribution in [2.24, 2.45) is 0 Å². The first-order valence-electron chi connectivity index (χ1n) is 9.57. The molecule has 0 bridgehead atoms. The molecular weight excluding hydrogens is 392 g/mol. The molecule has 1 aliphatic heterocycles. The second-order valence-corrected chi connectivity index (χ2v) is 8.90. The maximum atomic E-state index is 12.8. The number of nitrogens with zero attached hydrogens (tertiary/aromatic N) is 2. The van der Waals surface area contributed by atoms with Gasteiger partial charge in [-0.2, -0.15) is 0 Å². The first kappa shape index (κ1) is 21.1. The third-order valence-corrected chi connectivity index (χ3v) is 5.94. The molecule has 1 aromatic carbocycles. The zero-order chi connectivity index (χ0) is 20.9. The van der Waals surface area contributed by atoms with Crippen molar-refractivity contribution in [3.63, 3.8) is 0 Å². The summed E-state index contributed by atoms with van der Waals surface area (Å²) in [7, 11) is -3.27. The van der Waals surface area contributed by atoms with Gasteiger partial charge in [0.25, 0.3) is 5.91 Å². The summed E-state index contributed by atoms with van der Waals surface area (Å²) in [6.07, 6.45) is 4.25. The van der Waals surface area contributed by atoms with Crippen LogP contribution in [0.25, 0.3) is 0 Å². The number of carbonyl (C=O) groups is 1. The Morgan fingerprint density at radius 3 is 2.72 bits per heavy atom. The van der Waals surface area contributed by atoms with Gasteiger partial charge in [-0.1, -0.05) is 0 Å². The molecule has 3 rings (SSSR count). The molecule has 0 spiro atoms. The molecule has 156 valence electrons. The Kier molecular flexibility index (Phi) is 6.71. The molecule has 0 aliphatic carbocycles. The fourth-order valence-electron chi connectivity index (χ4n) is 3.25. The van der Waals surface area contributed by atoms with E-state index in [-0.39, 0.29) is 18.5 Å². The highest BCUT2D eigenvalue weighted by molar-refractivity contribution is 7.88. The first-order chi connectivity index (χ1) is 13.9. The number of nitrogens with one attached hydrogen (secondary N) is 2. The Labute approximate surface area is 171 Å². The number of hydrogen-bond donors (Lipinski definition) is 2. The van der Waals surface area contributed by atoms with Crippen LogP contribution in [0.15, 0.2) is 42.6 Å². The number of amides is 1. The van der Waals surface area contributed by atoms with E-state index in [0.717, 1.165) is 17.9 Å². The number of sulfonamides is 1. The van der Waals surface area contributed by atoms with Crippen LogP contribution in [0.1, 0.15) is 30.1 Å². The smallest absolute Gasteiger partial charge is 0.255 e. The number of pyridine rings is 1. The lowest BCUT2D eigenvalue weighted by Gasteiger charge is -2.31. The van der Waals surface area contributed by atoms with Crippen molar-refractivity contribution >= 4 is 27.4 Å². The van der Waals surface area contributed by atoms with Crippen LogP contribution in [0.4, 0.5) is 11.5 Å². The van der Waals surface area contributed by atoms with E-state index in [1.807, 2.05) is 31.2 Å². The van der Waals surface area contributed by atoms with Gasteiger partial charge in [0.1, 0.15) is 11.6 Å². The topological polar surface area (TPSA) is 101 Å². The highest BCUT2D eigenvalue weighted by Gasteiger charge is 2.27. The molecule has 1 aliphatic rings. The number of rotatable bonds is 7. The molecule has 2 heterocycles. The maximum absolute atomic E-state index is 12.8. The fourth-order valence-corrected chi connectivity index (χ4v) is 4.16. The van der Waals surface area contributed by atoms with Crippen LogP contribution in [-0.4, -0.2) is 55.6 Å². The standard InChI is InChI=1S/C20H26N4O4S/c1-3-28-17-10-8-15(9-11-17)22-19-18(7-4-12-21-19)20(25)23-16-6-5-13-24(14-16)29(2,26)27/h4,7-12,16H,3,5-6,13-14H2,1-2H3,(H,21,22)(H,23,25). The predicted molar refractivity (Wildman–Crippen MR) is 112 cm³/mol. The lowest BCUT2D eigenvalue weighted by molar-refractivity contribution is 0.0922. The molecule has 1 fully saturated rings. The highest BCUT2D eigenvalue weighted by Crippen LogP contribution is 2.22. The number of aromatic nitrogens is 1. The Hall–Kier alpha value is -2.65. The van der Waals surface area contributed by atoms with Gasteiger partial charge in [-0.25, -0.2) is 17.7 Å². The van der Waals surface area contributed by atoms with E-state index in [9.17, 15) is 13.2 Å². The first-order valence-corrected chi connectivity index (χ1v) is 11.4. The van der Waals surface area contributed by atoms with Gasteiger partial charge in [0.05, 0.1) is 18.4 Å². The number of carbonyl (C=O) groups excluding carboxylic acids is 1. The quantitative estimate of drug-likeness (QED) is 0.716. The van der Waals surface area contributed by atoms with Gasteiger partial charge in [0, 0.05) is 31.0 Å². The third kappa shape index (κ3) is 5.68. The van der Waals surface area contributed by atoms with Gasteiger partial charge in [-0.05, 0) is 56.2 Å². The summed E-state index contributed by atoms with van der Waals surface area (Å²) in [6.45, 7) is 3.29. The monoisotopic (exact) mass is 418 g/mol. The summed E-state index contributed by atoms with van der Waals surface area (Å²) >= 11 is 0. The van der Waals surface area contributed by atoms with Crippen molar-refractivity contribution in [3.8, 4) is 5.75 Å². The normalized spacial score (nSPS) is 17.5. The molecule has 9 heteroatoms. The highest BCUT2D eigenvalue weighted by atomic mass is 32.2. The average molecular weight is 419 g/mol. The van der Waals surface area contributed by atoms with Crippen molar-refractivity contribution in [2.45, 2.75) is 25.8 Å². The molecule has 0 saturated carbocycles. The number of piperidine rings is 1. The lowest BCUT2D eigenvalue weighted by atomic mass is 10.1. The molecule has 1 amide bonds. The molecule has 1 atom stereocenters.